The molecule has 1 aromatic rings. The highest BCUT2D eigenvalue weighted by atomic mass is 16.5. The molecule has 0 saturated carbocycles. The van der Waals surface area contributed by atoms with Gasteiger partial charge in [0.1, 0.15) is 11.5 Å². The summed E-state index contributed by atoms with van der Waals surface area (Å²) in [5, 5.41) is 3.12. The van der Waals surface area contributed by atoms with Crippen LogP contribution in [0.3, 0.4) is 0 Å². The lowest BCUT2D eigenvalue weighted by Gasteiger charge is -2.31. The number of hydrogen-bond donors (Lipinski definition) is 1. The van der Waals surface area contributed by atoms with E-state index in [9.17, 15) is 9.59 Å². The highest BCUT2D eigenvalue weighted by Gasteiger charge is 2.31. The van der Waals surface area contributed by atoms with Gasteiger partial charge in [-0.1, -0.05) is 36.4 Å². The fourth-order valence-electron chi connectivity index (χ4n) is 2.34. The van der Waals surface area contributed by atoms with Crippen molar-refractivity contribution in [2.45, 2.75) is 19.4 Å². The van der Waals surface area contributed by atoms with Crippen LogP contribution in [0.25, 0.3) is 0 Å². The first-order valence-corrected chi connectivity index (χ1v) is 6.24. The molecule has 0 unspecified atom stereocenters. The molecule has 100 valence electrons. The van der Waals surface area contributed by atoms with Gasteiger partial charge in [0, 0.05) is 5.92 Å². The Kier molecular flexibility index (Phi) is 4.00. The number of ether oxygens (including phenoxy) is 1. The molecular formula is C15H17NO3. The molecular weight excluding hydrogens is 242 g/mol. The summed E-state index contributed by atoms with van der Waals surface area (Å²) in [5.41, 5.74) is 1.42. The zero-order valence-corrected chi connectivity index (χ0v) is 11.1. The van der Waals surface area contributed by atoms with Crippen LogP contribution in [0.1, 0.15) is 24.9 Å². The maximum atomic E-state index is 11.7. The van der Waals surface area contributed by atoms with Crippen LogP contribution in [0.2, 0.25) is 0 Å². The number of carbonyl (C=O) groups is 2. The number of ketones is 1. The number of benzene rings is 1. The molecule has 1 N–H and O–H groups in total. The lowest BCUT2D eigenvalue weighted by Crippen LogP contribution is -2.37. The summed E-state index contributed by atoms with van der Waals surface area (Å²) in [6.45, 7) is 1.58. The van der Waals surface area contributed by atoms with Gasteiger partial charge in [0.25, 0.3) is 0 Å². The van der Waals surface area contributed by atoms with Crippen LogP contribution >= 0.6 is 0 Å². The van der Waals surface area contributed by atoms with E-state index in [2.05, 4.69) is 5.32 Å². The summed E-state index contributed by atoms with van der Waals surface area (Å²) < 4.78 is 4.71. The van der Waals surface area contributed by atoms with Crippen LogP contribution in [0.15, 0.2) is 42.1 Å². The van der Waals surface area contributed by atoms with Crippen molar-refractivity contribution < 1.29 is 14.3 Å². The summed E-state index contributed by atoms with van der Waals surface area (Å²) in [4.78, 5) is 23.3. The van der Waals surface area contributed by atoms with Crippen molar-refractivity contribution in [3.8, 4) is 0 Å². The van der Waals surface area contributed by atoms with E-state index in [-0.39, 0.29) is 17.7 Å². The maximum absolute atomic E-state index is 11.7. The van der Waals surface area contributed by atoms with Gasteiger partial charge in [-0.3, -0.25) is 4.79 Å². The van der Waals surface area contributed by atoms with Crippen LogP contribution < -0.4 is 5.32 Å². The van der Waals surface area contributed by atoms with Gasteiger partial charge in [-0.05, 0) is 18.9 Å². The molecule has 0 aliphatic carbocycles. The van der Waals surface area contributed by atoms with E-state index in [0.717, 1.165) is 5.56 Å². The molecule has 4 nitrogen and oxygen atoms in total. The first-order chi connectivity index (χ1) is 9.13. The van der Waals surface area contributed by atoms with E-state index in [1.807, 2.05) is 30.3 Å². The van der Waals surface area contributed by atoms with Crippen molar-refractivity contribution in [3.63, 3.8) is 0 Å². The second-order valence-electron chi connectivity index (χ2n) is 4.59. The predicted octanol–water partition coefficient (Wildman–Crippen LogP) is 1.98. The van der Waals surface area contributed by atoms with Crippen molar-refractivity contribution in [1.82, 2.24) is 5.32 Å². The first-order valence-electron chi connectivity index (χ1n) is 6.24. The number of nitrogens with one attached hydrogen (secondary N) is 1. The van der Waals surface area contributed by atoms with Crippen LogP contribution in [0.5, 0.6) is 0 Å². The molecule has 0 aromatic heterocycles. The fraction of sp³-hybridized carbons (Fsp3) is 0.333. The van der Waals surface area contributed by atoms with E-state index >= 15 is 0 Å². The second kappa shape index (κ2) is 5.69. The van der Waals surface area contributed by atoms with Gasteiger partial charge in [0.15, 0.2) is 0 Å². The molecule has 1 aliphatic heterocycles. The first kappa shape index (κ1) is 13.3. The summed E-state index contributed by atoms with van der Waals surface area (Å²) >= 11 is 0. The van der Waals surface area contributed by atoms with Crippen molar-refractivity contribution in [2.75, 3.05) is 7.11 Å². The van der Waals surface area contributed by atoms with E-state index in [1.165, 1.54) is 7.11 Å². The van der Waals surface area contributed by atoms with Gasteiger partial charge in [0.05, 0.1) is 13.2 Å². The fourth-order valence-corrected chi connectivity index (χ4v) is 2.34. The highest BCUT2D eigenvalue weighted by Crippen LogP contribution is 2.31. The molecule has 0 amide bonds. The molecule has 19 heavy (non-hydrogen) atoms. The van der Waals surface area contributed by atoms with Gasteiger partial charge in [-0.2, -0.15) is 0 Å². The molecule has 0 radical (unpaired) electrons. The smallest absolute Gasteiger partial charge is 0.353 e. The number of hydrogen-bond acceptors (Lipinski definition) is 4. The normalized spacial score (nSPS) is 22.1. The Morgan fingerprint density at radius 1 is 1.26 bits per heavy atom. The van der Waals surface area contributed by atoms with E-state index in [4.69, 9.17) is 4.74 Å². The van der Waals surface area contributed by atoms with Gasteiger partial charge in [0.2, 0.25) is 0 Å². The Morgan fingerprint density at radius 3 is 2.53 bits per heavy atom. The minimum atomic E-state index is -0.400. The summed E-state index contributed by atoms with van der Waals surface area (Å²) in [6.07, 6.45) is 2.28. The molecule has 1 aromatic carbocycles. The number of carbonyl (C=O) groups excluding carboxylic acids is 2. The summed E-state index contributed by atoms with van der Waals surface area (Å²) in [6, 6.07) is 9.49. The Bertz CT molecular complexity index is 507. The molecule has 0 spiro atoms. The van der Waals surface area contributed by atoms with E-state index < -0.39 is 5.97 Å². The molecule has 2 rings (SSSR count). The standard InChI is InChI=1S/C15H17NO3/c1-10(17)12-8-9-13(15(18)19-2)16-14(12)11-6-4-3-5-7-11/h3-7,9,12,14,16H,8H2,1-2H3/t12-,14-/m0/s1. The topological polar surface area (TPSA) is 55.4 Å². The largest absolute Gasteiger partial charge is 0.464 e. The van der Waals surface area contributed by atoms with Crippen LogP contribution in [0, 0.1) is 5.92 Å². The van der Waals surface area contributed by atoms with E-state index in [1.54, 1.807) is 13.0 Å². The number of allylic oxidation sites excluding steroid dienone is 1. The Hall–Kier alpha value is -2.10. The lowest BCUT2D eigenvalue weighted by atomic mass is 9.84. The third-order valence-corrected chi connectivity index (χ3v) is 3.38. The Labute approximate surface area is 112 Å². The van der Waals surface area contributed by atoms with Gasteiger partial charge >= 0.3 is 5.97 Å². The average molecular weight is 259 g/mol. The third-order valence-electron chi connectivity index (χ3n) is 3.38. The molecule has 0 fully saturated rings. The SMILES string of the molecule is COC(=O)C1=CC[C@@H](C(C)=O)[C@H](c2ccccc2)N1. The zero-order valence-electron chi connectivity index (χ0n) is 11.1. The van der Waals surface area contributed by atoms with Crippen LogP contribution in [0.4, 0.5) is 0 Å². The monoisotopic (exact) mass is 259 g/mol. The van der Waals surface area contributed by atoms with Gasteiger partial charge in [-0.15, -0.1) is 0 Å². The number of rotatable bonds is 3. The van der Waals surface area contributed by atoms with Crippen molar-refractivity contribution >= 4 is 11.8 Å². The van der Waals surface area contributed by atoms with Crippen LogP contribution in [-0.2, 0) is 14.3 Å². The predicted molar refractivity (Wildman–Crippen MR) is 71.2 cm³/mol. The summed E-state index contributed by atoms with van der Waals surface area (Å²) in [5.74, 6) is -0.444. The Morgan fingerprint density at radius 2 is 1.95 bits per heavy atom. The van der Waals surface area contributed by atoms with Crippen LogP contribution in [-0.4, -0.2) is 18.9 Å². The minimum absolute atomic E-state index is 0.113. The highest BCUT2D eigenvalue weighted by molar-refractivity contribution is 5.89. The number of Topliss-reactive ketones (excluding diaryl/α,β-unsaturated/α-hetero) is 1. The van der Waals surface area contributed by atoms with Crippen molar-refractivity contribution in [1.29, 1.82) is 0 Å². The molecule has 0 bridgehead atoms. The van der Waals surface area contributed by atoms with Crippen molar-refractivity contribution in [2.24, 2.45) is 5.92 Å². The molecule has 1 aliphatic rings. The molecule has 1 heterocycles. The number of esters is 1. The maximum Gasteiger partial charge on any atom is 0.353 e. The minimum Gasteiger partial charge on any atom is -0.464 e. The van der Waals surface area contributed by atoms with E-state index in [0.29, 0.717) is 12.1 Å². The summed E-state index contributed by atoms with van der Waals surface area (Å²) in [7, 11) is 1.35. The molecule has 0 saturated heterocycles. The molecule has 2 atom stereocenters. The van der Waals surface area contributed by atoms with Crippen molar-refractivity contribution in [3.05, 3.63) is 47.7 Å². The van der Waals surface area contributed by atoms with Gasteiger partial charge in [-0.25, -0.2) is 4.79 Å². The molecule has 4 heteroatoms. The quantitative estimate of drug-likeness (QED) is 0.843. The number of methoxy groups -OCH3 is 1. The second-order valence-corrected chi connectivity index (χ2v) is 4.59. The Balaban J connectivity index is 2.30. The zero-order chi connectivity index (χ0) is 13.8. The van der Waals surface area contributed by atoms with Gasteiger partial charge < -0.3 is 10.1 Å². The average Bonchev–Trinajstić information content (AvgIpc) is 2.46. The lowest BCUT2D eigenvalue weighted by molar-refractivity contribution is -0.137. The third kappa shape index (κ3) is 2.84.